The van der Waals surface area contributed by atoms with Crippen molar-refractivity contribution in [3.05, 3.63) is 107 Å². The van der Waals surface area contributed by atoms with Crippen LogP contribution in [0.1, 0.15) is 40.5 Å². The van der Waals surface area contributed by atoms with Gasteiger partial charge in [-0.25, -0.2) is 27.3 Å². The molecule has 1 heterocycles. The fraction of sp³-hybridized carbons (Fsp3) is 0.200. The van der Waals surface area contributed by atoms with Crippen molar-refractivity contribution in [1.82, 2.24) is 15.0 Å². The second kappa shape index (κ2) is 17.1. The molecule has 5 rings (SSSR count). The lowest BCUT2D eigenvalue weighted by Crippen LogP contribution is -2.31. The summed E-state index contributed by atoms with van der Waals surface area (Å²) < 4.78 is 61.0. The van der Waals surface area contributed by atoms with Crippen LogP contribution in [0, 0.1) is 18.2 Å². The summed E-state index contributed by atoms with van der Waals surface area (Å²) in [4.78, 5) is 39.4. The topological polar surface area (TPSA) is 159 Å². The zero-order chi connectivity index (χ0) is 36.3. The molecule has 4 aromatic rings. The first-order valence-electron chi connectivity index (χ1n) is 14.9. The van der Waals surface area contributed by atoms with Crippen molar-refractivity contribution in [2.45, 2.75) is 36.8 Å². The molecule has 0 saturated heterocycles. The van der Waals surface area contributed by atoms with Crippen molar-refractivity contribution < 1.29 is 46.1 Å². The van der Waals surface area contributed by atoms with Crippen LogP contribution in [0.4, 0.5) is 4.39 Å². The van der Waals surface area contributed by atoms with E-state index in [1.165, 1.54) is 50.6 Å². The van der Waals surface area contributed by atoms with E-state index in [9.17, 15) is 27.2 Å². The van der Waals surface area contributed by atoms with Crippen LogP contribution in [0.25, 0.3) is 0 Å². The van der Waals surface area contributed by atoms with Crippen LogP contribution in [0.3, 0.4) is 0 Å². The summed E-state index contributed by atoms with van der Waals surface area (Å²) in [5, 5.41) is 3.00. The van der Waals surface area contributed by atoms with Crippen molar-refractivity contribution in [1.29, 1.82) is 0 Å². The number of carbonyl (C=O) groups excluding carboxylic acids is 3. The predicted octanol–water partition coefficient (Wildman–Crippen LogP) is 5.32. The molecule has 12 nitrogen and oxygen atoms in total. The number of nitrogens with one attached hydrogen (secondary N) is 2. The molecule has 0 spiro atoms. The molecule has 50 heavy (non-hydrogen) atoms. The normalized spacial score (nSPS) is 12.5. The third-order valence-corrected chi connectivity index (χ3v) is 8.23. The lowest BCUT2D eigenvalue weighted by atomic mass is 10.2. The first-order chi connectivity index (χ1) is 23.9. The maximum atomic E-state index is 13.6. The number of amides is 2. The number of esters is 1. The summed E-state index contributed by atoms with van der Waals surface area (Å²) >= 11 is 5.62. The van der Waals surface area contributed by atoms with Crippen LogP contribution in [0.2, 0.25) is 5.02 Å². The maximum Gasteiger partial charge on any atom is 0.347 e. The second-order valence-electron chi connectivity index (χ2n) is 10.5. The SMILES string of the molecule is C#CCOC(=O)[C@@H](C)Oc1ccc(Oc2ncc(Cl)cc2F)cc1.COc1ccccc1C(=O)NS(=O)(=O)c1ccc(C(=O)NC2CC2)cc1. The Kier molecular flexibility index (Phi) is 12.7. The first-order valence-corrected chi connectivity index (χ1v) is 16.7. The van der Waals surface area contributed by atoms with Crippen LogP contribution in [-0.2, 0) is 19.6 Å². The highest BCUT2D eigenvalue weighted by atomic mass is 35.5. The van der Waals surface area contributed by atoms with Gasteiger partial charge in [0, 0.05) is 17.8 Å². The minimum Gasteiger partial charge on any atom is -0.496 e. The van der Waals surface area contributed by atoms with E-state index in [-0.39, 0.29) is 45.7 Å². The van der Waals surface area contributed by atoms with Gasteiger partial charge >= 0.3 is 5.97 Å². The zero-order valence-electron chi connectivity index (χ0n) is 26.7. The number of hydrogen-bond donors (Lipinski definition) is 2. The van der Waals surface area contributed by atoms with E-state index in [1.54, 1.807) is 42.5 Å². The van der Waals surface area contributed by atoms with Gasteiger partial charge in [-0.3, -0.25) is 9.59 Å². The number of pyridine rings is 1. The molecule has 0 aliphatic heterocycles. The molecule has 1 saturated carbocycles. The number of aromatic nitrogens is 1. The van der Waals surface area contributed by atoms with Gasteiger partial charge in [-0.15, -0.1) is 6.42 Å². The molecule has 1 atom stereocenters. The fourth-order valence-corrected chi connectivity index (χ4v) is 5.12. The van der Waals surface area contributed by atoms with Crippen molar-refractivity contribution in [3.63, 3.8) is 0 Å². The number of halogens is 2. The molecule has 0 unspecified atom stereocenters. The molecular weight excluding hydrogens is 693 g/mol. The van der Waals surface area contributed by atoms with E-state index in [0.29, 0.717) is 17.1 Å². The molecule has 2 N–H and O–H groups in total. The molecule has 1 aliphatic rings. The monoisotopic (exact) mass is 723 g/mol. The Morgan fingerprint density at radius 1 is 1.02 bits per heavy atom. The van der Waals surface area contributed by atoms with Gasteiger partial charge in [-0.05, 0) is 86.5 Å². The van der Waals surface area contributed by atoms with Crippen molar-refractivity contribution >= 4 is 39.4 Å². The van der Waals surface area contributed by atoms with Crippen LogP contribution in [0.15, 0.2) is 90.0 Å². The van der Waals surface area contributed by atoms with Gasteiger partial charge in [0.05, 0.1) is 22.6 Å². The molecule has 0 radical (unpaired) electrons. The van der Waals surface area contributed by atoms with E-state index < -0.39 is 33.8 Å². The number of benzene rings is 3. The number of methoxy groups -OCH3 is 1. The Morgan fingerprint density at radius 3 is 2.30 bits per heavy atom. The Morgan fingerprint density at radius 2 is 1.68 bits per heavy atom. The van der Waals surface area contributed by atoms with Gasteiger partial charge < -0.3 is 24.3 Å². The maximum absolute atomic E-state index is 13.6. The minimum absolute atomic E-state index is 0.108. The number of ether oxygens (including phenoxy) is 4. The fourth-order valence-electron chi connectivity index (χ4n) is 4.01. The van der Waals surface area contributed by atoms with E-state index in [1.807, 2.05) is 4.72 Å². The molecule has 2 amide bonds. The second-order valence-corrected chi connectivity index (χ2v) is 12.6. The number of nitrogens with zero attached hydrogens (tertiary/aromatic N) is 1. The predicted molar refractivity (Wildman–Crippen MR) is 180 cm³/mol. The number of sulfonamides is 1. The summed E-state index contributed by atoms with van der Waals surface area (Å²) in [6, 6.07) is 19.3. The Labute approximate surface area is 292 Å². The molecule has 1 aromatic heterocycles. The molecule has 1 fully saturated rings. The van der Waals surface area contributed by atoms with E-state index in [0.717, 1.165) is 18.9 Å². The van der Waals surface area contributed by atoms with E-state index >= 15 is 0 Å². The molecule has 1 aliphatic carbocycles. The molecule has 3 aromatic carbocycles. The highest BCUT2D eigenvalue weighted by Gasteiger charge is 2.25. The van der Waals surface area contributed by atoms with Crippen LogP contribution < -0.4 is 24.2 Å². The molecule has 15 heteroatoms. The summed E-state index contributed by atoms with van der Waals surface area (Å²) in [6.07, 6.45) is 7.40. The summed E-state index contributed by atoms with van der Waals surface area (Å²) in [5.74, 6) is 0.755. The highest BCUT2D eigenvalue weighted by molar-refractivity contribution is 7.90. The van der Waals surface area contributed by atoms with Crippen LogP contribution >= 0.6 is 11.6 Å². The largest absolute Gasteiger partial charge is 0.496 e. The van der Waals surface area contributed by atoms with Gasteiger partial charge in [-0.1, -0.05) is 29.7 Å². The Hall–Kier alpha value is -5.65. The van der Waals surface area contributed by atoms with E-state index in [4.69, 9.17) is 37.0 Å². The van der Waals surface area contributed by atoms with Crippen LogP contribution in [0.5, 0.6) is 23.1 Å². The summed E-state index contributed by atoms with van der Waals surface area (Å²) in [5.41, 5.74) is 0.478. The van der Waals surface area contributed by atoms with Gasteiger partial charge in [0.1, 0.15) is 17.2 Å². The summed E-state index contributed by atoms with van der Waals surface area (Å²) in [7, 11) is -2.68. The summed E-state index contributed by atoms with van der Waals surface area (Å²) in [6.45, 7) is 1.43. The van der Waals surface area contributed by atoms with Crippen molar-refractivity contribution in [2.24, 2.45) is 0 Å². The smallest absolute Gasteiger partial charge is 0.347 e. The first kappa shape index (κ1) is 37.2. The zero-order valence-corrected chi connectivity index (χ0v) is 28.3. The number of carbonyl (C=O) groups is 3. The van der Waals surface area contributed by atoms with Gasteiger partial charge in [0.15, 0.2) is 18.5 Å². The standard InChI is InChI=1S/C18H18N2O5S.C17H13ClFNO4/c1-25-16-5-3-2-4-15(16)18(22)20-26(23,24)14-10-6-12(7-11-14)17(21)19-13-8-9-13;1-3-8-22-17(21)11(2)23-13-4-6-14(7-5-13)24-16-15(19)9-12(18)10-20-16/h2-7,10-11,13H,8-9H2,1H3,(H,19,21)(H,20,22);1,4-7,9-11H,8H2,2H3/t;11-/m.1/s1. The van der Waals surface area contributed by atoms with Gasteiger partial charge in [0.25, 0.3) is 27.7 Å². The Bertz CT molecular complexity index is 1980. The van der Waals surface area contributed by atoms with E-state index in [2.05, 4.69) is 16.2 Å². The number of terminal acetylenes is 1. The third kappa shape index (κ3) is 10.7. The number of hydrogen-bond acceptors (Lipinski definition) is 10. The van der Waals surface area contributed by atoms with Gasteiger partial charge in [-0.2, -0.15) is 0 Å². The Balaban J connectivity index is 0.000000226. The quantitative estimate of drug-likeness (QED) is 0.145. The highest BCUT2D eigenvalue weighted by Crippen LogP contribution is 2.26. The van der Waals surface area contributed by atoms with Crippen LogP contribution in [-0.4, -0.2) is 57.0 Å². The minimum atomic E-state index is -4.07. The molecule has 0 bridgehead atoms. The molecular formula is C35H31ClFN3O9S. The van der Waals surface area contributed by atoms with Gasteiger partial charge in [0.2, 0.25) is 0 Å². The average Bonchev–Trinajstić information content (AvgIpc) is 3.93. The lowest BCUT2D eigenvalue weighted by Gasteiger charge is -2.13. The van der Waals surface area contributed by atoms with Crippen molar-refractivity contribution in [3.8, 4) is 35.5 Å². The third-order valence-electron chi connectivity index (χ3n) is 6.67. The average molecular weight is 724 g/mol. The number of para-hydroxylation sites is 1. The number of rotatable bonds is 12. The lowest BCUT2D eigenvalue weighted by molar-refractivity contribution is -0.149. The van der Waals surface area contributed by atoms with Crippen molar-refractivity contribution in [2.75, 3.05) is 13.7 Å². The molecule has 260 valence electrons.